The van der Waals surface area contributed by atoms with Crippen molar-refractivity contribution < 1.29 is 13.5 Å². The Labute approximate surface area is 120 Å². The van der Waals surface area contributed by atoms with E-state index in [0.29, 0.717) is 17.5 Å². The van der Waals surface area contributed by atoms with Crippen LogP contribution in [-0.4, -0.2) is 26.8 Å². The lowest BCUT2D eigenvalue weighted by Crippen LogP contribution is -2.28. The molecule has 1 fully saturated rings. The van der Waals surface area contributed by atoms with Crippen molar-refractivity contribution in [3.8, 4) is 0 Å². The highest BCUT2D eigenvalue weighted by molar-refractivity contribution is 9.10. The van der Waals surface area contributed by atoms with Crippen LogP contribution in [-0.2, 0) is 11.2 Å². The molecule has 0 aromatic heterocycles. The minimum absolute atomic E-state index is 0.0101. The molecule has 106 valence electrons. The maximum Gasteiger partial charge on any atom is 0.143 e. The highest BCUT2D eigenvalue weighted by atomic mass is 79.9. The van der Waals surface area contributed by atoms with E-state index >= 15 is 0 Å². The molecule has 2 nitrogen and oxygen atoms in total. The number of benzene rings is 1. The molecule has 0 saturated heterocycles. The molecule has 1 N–H and O–H groups in total. The first-order chi connectivity index (χ1) is 9.08. The van der Waals surface area contributed by atoms with Crippen LogP contribution in [0.1, 0.15) is 18.4 Å². The van der Waals surface area contributed by atoms with Crippen molar-refractivity contribution in [1.82, 2.24) is 5.32 Å². The minimum Gasteiger partial charge on any atom is -0.383 e. The van der Waals surface area contributed by atoms with Crippen LogP contribution in [0.15, 0.2) is 16.6 Å². The van der Waals surface area contributed by atoms with Gasteiger partial charge in [-0.15, -0.1) is 0 Å². The standard InChI is InChI=1S/C14H18BrF2NO/c1-19-7-6-18-9-14(4-5-14)8-10-12(16)3-2-11(15)13(10)17/h2-3,18H,4-9H2,1H3. The van der Waals surface area contributed by atoms with Crippen LogP contribution in [0.2, 0.25) is 0 Å². The van der Waals surface area contributed by atoms with E-state index in [9.17, 15) is 8.78 Å². The van der Waals surface area contributed by atoms with Gasteiger partial charge in [0, 0.05) is 25.8 Å². The van der Waals surface area contributed by atoms with E-state index in [-0.39, 0.29) is 11.0 Å². The first-order valence-electron chi connectivity index (χ1n) is 6.40. The summed E-state index contributed by atoms with van der Waals surface area (Å²) >= 11 is 3.11. The molecule has 0 spiro atoms. The molecule has 0 amide bonds. The van der Waals surface area contributed by atoms with Gasteiger partial charge in [-0.05, 0) is 52.7 Å². The Hall–Kier alpha value is -0.520. The van der Waals surface area contributed by atoms with E-state index in [1.54, 1.807) is 7.11 Å². The van der Waals surface area contributed by atoms with Gasteiger partial charge in [0.15, 0.2) is 0 Å². The SMILES string of the molecule is COCCNCC1(Cc2c(F)ccc(Br)c2F)CC1. The third-order valence-electron chi connectivity index (χ3n) is 3.63. The Kier molecular flexibility index (Phi) is 4.92. The maximum atomic E-state index is 13.9. The van der Waals surface area contributed by atoms with Crippen molar-refractivity contribution in [3.05, 3.63) is 33.8 Å². The van der Waals surface area contributed by atoms with E-state index in [4.69, 9.17) is 4.74 Å². The number of halogens is 3. The number of hydrogen-bond acceptors (Lipinski definition) is 2. The molecule has 0 atom stereocenters. The minimum atomic E-state index is -0.469. The summed E-state index contributed by atoms with van der Waals surface area (Å²) in [5, 5.41) is 3.28. The van der Waals surface area contributed by atoms with Crippen LogP contribution in [0.3, 0.4) is 0 Å². The van der Waals surface area contributed by atoms with Gasteiger partial charge < -0.3 is 10.1 Å². The van der Waals surface area contributed by atoms with Crippen LogP contribution in [0.5, 0.6) is 0 Å². The lowest BCUT2D eigenvalue weighted by molar-refractivity contribution is 0.197. The maximum absolute atomic E-state index is 13.9. The fraction of sp³-hybridized carbons (Fsp3) is 0.571. The predicted molar refractivity (Wildman–Crippen MR) is 74.2 cm³/mol. The van der Waals surface area contributed by atoms with Gasteiger partial charge in [-0.25, -0.2) is 8.78 Å². The molecular weight excluding hydrogens is 316 g/mol. The number of hydrogen-bond donors (Lipinski definition) is 1. The van der Waals surface area contributed by atoms with Crippen LogP contribution in [0.25, 0.3) is 0 Å². The van der Waals surface area contributed by atoms with Crippen LogP contribution >= 0.6 is 15.9 Å². The van der Waals surface area contributed by atoms with E-state index in [2.05, 4.69) is 21.2 Å². The van der Waals surface area contributed by atoms with Crippen molar-refractivity contribution >= 4 is 15.9 Å². The van der Waals surface area contributed by atoms with Crippen LogP contribution in [0.4, 0.5) is 8.78 Å². The topological polar surface area (TPSA) is 21.3 Å². The first-order valence-corrected chi connectivity index (χ1v) is 7.19. The molecule has 0 aliphatic heterocycles. The predicted octanol–water partition coefficient (Wildman–Crippen LogP) is 3.29. The van der Waals surface area contributed by atoms with Gasteiger partial charge in [-0.3, -0.25) is 0 Å². The highest BCUT2D eigenvalue weighted by Gasteiger charge is 2.43. The molecule has 0 unspecified atom stereocenters. The second-order valence-corrected chi connectivity index (χ2v) is 6.02. The summed E-state index contributed by atoms with van der Waals surface area (Å²) in [6.45, 7) is 2.19. The van der Waals surface area contributed by atoms with Crippen molar-refractivity contribution in [2.45, 2.75) is 19.3 Å². The Morgan fingerprint density at radius 3 is 2.74 bits per heavy atom. The second kappa shape index (κ2) is 6.29. The zero-order valence-electron chi connectivity index (χ0n) is 10.9. The van der Waals surface area contributed by atoms with Gasteiger partial charge >= 0.3 is 0 Å². The third-order valence-corrected chi connectivity index (χ3v) is 4.24. The molecule has 19 heavy (non-hydrogen) atoms. The fourth-order valence-corrected chi connectivity index (χ4v) is 2.60. The summed E-state index contributed by atoms with van der Waals surface area (Å²) in [7, 11) is 1.65. The molecule has 0 radical (unpaired) electrons. The molecule has 1 aromatic carbocycles. The summed E-state index contributed by atoms with van der Waals surface area (Å²) in [4.78, 5) is 0. The molecule has 1 aliphatic carbocycles. The molecule has 5 heteroatoms. The molecule has 1 aromatic rings. The molecule has 1 saturated carbocycles. The summed E-state index contributed by atoms with van der Waals surface area (Å²) < 4.78 is 33.0. The first kappa shape index (κ1) is 14.9. The quantitative estimate of drug-likeness (QED) is 0.610. The summed E-state index contributed by atoms with van der Waals surface area (Å²) in [6, 6.07) is 2.72. The van der Waals surface area contributed by atoms with E-state index in [0.717, 1.165) is 25.9 Å². The molecule has 0 bridgehead atoms. The van der Waals surface area contributed by atoms with Crippen molar-refractivity contribution in [2.75, 3.05) is 26.8 Å². The lowest BCUT2D eigenvalue weighted by Gasteiger charge is -2.17. The Morgan fingerprint density at radius 2 is 2.11 bits per heavy atom. The largest absolute Gasteiger partial charge is 0.383 e. The smallest absolute Gasteiger partial charge is 0.143 e. The zero-order chi connectivity index (χ0) is 13.9. The van der Waals surface area contributed by atoms with Crippen LogP contribution in [0, 0.1) is 17.0 Å². The summed E-state index contributed by atoms with van der Waals surface area (Å²) in [5.41, 5.74) is 0.205. The Morgan fingerprint density at radius 1 is 1.37 bits per heavy atom. The monoisotopic (exact) mass is 333 g/mol. The van der Waals surface area contributed by atoms with Gasteiger partial charge in [0.05, 0.1) is 11.1 Å². The van der Waals surface area contributed by atoms with Gasteiger partial charge in [-0.1, -0.05) is 0 Å². The lowest BCUT2D eigenvalue weighted by atomic mass is 9.95. The van der Waals surface area contributed by atoms with E-state index < -0.39 is 11.6 Å². The van der Waals surface area contributed by atoms with Crippen molar-refractivity contribution in [2.24, 2.45) is 5.41 Å². The average Bonchev–Trinajstić information content (AvgIpc) is 3.16. The Balaban J connectivity index is 1.99. The van der Waals surface area contributed by atoms with Gasteiger partial charge in [-0.2, -0.15) is 0 Å². The second-order valence-electron chi connectivity index (χ2n) is 5.17. The summed E-state index contributed by atoms with van der Waals surface area (Å²) in [5.74, 6) is -0.924. The van der Waals surface area contributed by atoms with Gasteiger partial charge in [0.1, 0.15) is 11.6 Å². The number of methoxy groups -OCH3 is 1. The fourth-order valence-electron chi connectivity index (χ4n) is 2.23. The van der Waals surface area contributed by atoms with E-state index in [1.165, 1.54) is 12.1 Å². The highest BCUT2D eigenvalue weighted by Crippen LogP contribution is 2.48. The number of nitrogens with one attached hydrogen (secondary N) is 1. The molecule has 1 aliphatic rings. The van der Waals surface area contributed by atoms with E-state index in [1.807, 2.05) is 0 Å². The molecule has 2 rings (SSSR count). The van der Waals surface area contributed by atoms with Crippen molar-refractivity contribution in [3.63, 3.8) is 0 Å². The average molecular weight is 334 g/mol. The van der Waals surface area contributed by atoms with Crippen molar-refractivity contribution in [1.29, 1.82) is 0 Å². The number of ether oxygens (including phenoxy) is 1. The van der Waals surface area contributed by atoms with Gasteiger partial charge in [0.2, 0.25) is 0 Å². The molecular formula is C14H18BrF2NO. The normalized spacial score (nSPS) is 16.6. The third kappa shape index (κ3) is 3.74. The van der Waals surface area contributed by atoms with Gasteiger partial charge in [0.25, 0.3) is 0 Å². The Bertz CT molecular complexity index is 449. The zero-order valence-corrected chi connectivity index (χ0v) is 12.5. The number of rotatable bonds is 7. The summed E-state index contributed by atoms with van der Waals surface area (Å²) in [6.07, 6.45) is 2.47. The van der Waals surface area contributed by atoms with Crippen LogP contribution < -0.4 is 5.32 Å². The molecule has 0 heterocycles.